The molecule has 5 heteroatoms. The van der Waals surface area contributed by atoms with Crippen LogP contribution in [0.25, 0.3) is 0 Å². The molecule has 0 bridgehead atoms. The molecule has 0 aliphatic carbocycles. The van der Waals surface area contributed by atoms with Gasteiger partial charge in [0.2, 0.25) is 0 Å². The van der Waals surface area contributed by atoms with E-state index in [-0.39, 0.29) is 0 Å². The van der Waals surface area contributed by atoms with Crippen LogP contribution < -0.4 is 4.72 Å². The summed E-state index contributed by atoms with van der Waals surface area (Å²) >= 11 is 0. The zero-order valence-corrected chi connectivity index (χ0v) is 12.0. The Balaban J connectivity index is 2.43. The zero-order chi connectivity index (χ0) is 14.0. The largest absolute Gasteiger partial charge is 0.278 e. The first-order chi connectivity index (χ1) is 8.90. The molecule has 0 aliphatic heterocycles. The highest BCUT2D eigenvalue weighted by Gasteiger charge is 2.17. The van der Waals surface area contributed by atoms with Gasteiger partial charge in [-0.1, -0.05) is 6.07 Å². The molecule has 4 nitrogen and oxygen atoms in total. The highest BCUT2D eigenvalue weighted by atomic mass is 32.2. The number of aromatic nitrogens is 1. The maximum Gasteiger partial charge on any atom is 0.262 e. The summed E-state index contributed by atoms with van der Waals surface area (Å²) in [6.07, 6.45) is 3.08. The van der Waals surface area contributed by atoms with Gasteiger partial charge >= 0.3 is 0 Å². The fraction of sp³-hybridized carbons (Fsp3) is 0.214. The van der Waals surface area contributed by atoms with Gasteiger partial charge in [-0.05, 0) is 55.7 Å². The molecule has 19 heavy (non-hydrogen) atoms. The van der Waals surface area contributed by atoms with E-state index < -0.39 is 10.0 Å². The van der Waals surface area contributed by atoms with Crippen LogP contribution in [-0.2, 0) is 10.0 Å². The van der Waals surface area contributed by atoms with Crippen molar-refractivity contribution in [3.8, 4) is 0 Å². The monoisotopic (exact) mass is 276 g/mol. The van der Waals surface area contributed by atoms with E-state index in [0.717, 1.165) is 16.7 Å². The van der Waals surface area contributed by atoms with Crippen LogP contribution in [0.15, 0.2) is 41.6 Å². The number of nitrogens with zero attached hydrogens (tertiary/aromatic N) is 1. The lowest BCUT2D eigenvalue weighted by atomic mass is 10.1. The highest BCUT2D eigenvalue weighted by Crippen LogP contribution is 2.22. The number of benzene rings is 1. The summed E-state index contributed by atoms with van der Waals surface area (Å²) in [5, 5.41) is 0. The van der Waals surface area contributed by atoms with Crippen molar-refractivity contribution in [3.05, 3.63) is 53.3 Å². The third kappa shape index (κ3) is 2.93. The fourth-order valence-corrected chi connectivity index (χ4v) is 3.21. The molecule has 0 amide bonds. The third-order valence-electron chi connectivity index (χ3n) is 2.99. The number of pyridine rings is 1. The summed E-state index contributed by atoms with van der Waals surface area (Å²) in [6.45, 7) is 5.66. The molecule has 0 fully saturated rings. The van der Waals surface area contributed by atoms with Gasteiger partial charge in [0.25, 0.3) is 10.0 Å². The molecule has 100 valence electrons. The average molecular weight is 276 g/mol. The van der Waals surface area contributed by atoms with Crippen LogP contribution in [0.3, 0.4) is 0 Å². The SMILES string of the molecule is Cc1cc(C)c(S(=O)(=O)Nc2cccnc2)cc1C. The van der Waals surface area contributed by atoms with E-state index in [4.69, 9.17) is 0 Å². The van der Waals surface area contributed by atoms with Crippen molar-refractivity contribution in [1.29, 1.82) is 0 Å². The Hall–Kier alpha value is -1.88. The van der Waals surface area contributed by atoms with Crippen LogP contribution in [0.5, 0.6) is 0 Å². The Bertz CT molecular complexity index is 695. The van der Waals surface area contributed by atoms with E-state index in [1.54, 1.807) is 31.3 Å². The second-order valence-electron chi connectivity index (χ2n) is 4.55. The smallest absolute Gasteiger partial charge is 0.262 e. The number of hydrogen-bond donors (Lipinski definition) is 1. The third-order valence-corrected chi connectivity index (χ3v) is 4.52. The second kappa shape index (κ2) is 5.01. The Morgan fingerprint density at radius 3 is 2.37 bits per heavy atom. The van der Waals surface area contributed by atoms with Crippen molar-refractivity contribution in [1.82, 2.24) is 4.98 Å². The van der Waals surface area contributed by atoms with E-state index in [0.29, 0.717) is 10.6 Å². The Morgan fingerprint density at radius 1 is 1.05 bits per heavy atom. The van der Waals surface area contributed by atoms with Crippen molar-refractivity contribution in [3.63, 3.8) is 0 Å². The van der Waals surface area contributed by atoms with Crippen molar-refractivity contribution in [2.24, 2.45) is 0 Å². The molecular weight excluding hydrogens is 260 g/mol. The predicted octanol–water partition coefficient (Wildman–Crippen LogP) is 2.81. The predicted molar refractivity (Wildman–Crippen MR) is 75.7 cm³/mol. The van der Waals surface area contributed by atoms with E-state index in [1.807, 2.05) is 19.9 Å². The van der Waals surface area contributed by atoms with Gasteiger partial charge < -0.3 is 0 Å². The summed E-state index contributed by atoms with van der Waals surface area (Å²) in [6, 6.07) is 6.93. The number of hydrogen-bond acceptors (Lipinski definition) is 3. The minimum absolute atomic E-state index is 0.305. The maximum atomic E-state index is 12.3. The average Bonchev–Trinajstić information content (AvgIpc) is 2.34. The Morgan fingerprint density at radius 2 is 1.74 bits per heavy atom. The molecule has 0 saturated carbocycles. The van der Waals surface area contributed by atoms with Crippen molar-refractivity contribution < 1.29 is 8.42 Å². The molecule has 0 unspecified atom stereocenters. The molecule has 0 aliphatic rings. The highest BCUT2D eigenvalue weighted by molar-refractivity contribution is 7.92. The van der Waals surface area contributed by atoms with Crippen LogP contribution in [0, 0.1) is 20.8 Å². The van der Waals surface area contributed by atoms with Crippen LogP contribution >= 0.6 is 0 Å². The minimum atomic E-state index is -3.57. The molecule has 1 aromatic carbocycles. The molecule has 1 heterocycles. The molecular formula is C14H16N2O2S. The summed E-state index contributed by atoms with van der Waals surface area (Å²) < 4.78 is 27.2. The molecule has 2 rings (SSSR count). The first-order valence-electron chi connectivity index (χ1n) is 5.91. The Kier molecular flexibility index (Phi) is 3.57. The molecule has 0 radical (unpaired) electrons. The topological polar surface area (TPSA) is 59.1 Å². The lowest BCUT2D eigenvalue weighted by Gasteiger charge is -2.12. The summed E-state index contributed by atoms with van der Waals surface area (Å²) in [5.74, 6) is 0. The number of sulfonamides is 1. The van der Waals surface area contributed by atoms with Gasteiger partial charge in [0.1, 0.15) is 0 Å². The van der Waals surface area contributed by atoms with E-state index in [2.05, 4.69) is 9.71 Å². The molecule has 0 atom stereocenters. The van der Waals surface area contributed by atoms with E-state index >= 15 is 0 Å². The number of aryl methyl sites for hydroxylation is 3. The normalized spacial score (nSPS) is 11.3. The van der Waals surface area contributed by atoms with Gasteiger partial charge in [-0.25, -0.2) is 8.42 Å². The van der Waals surface area contributed by atoms with Gasteiger partial charge in [0.15, 0.2) is 0 Å². The van der Waals surface area contributed by atoms with Crippen LogP contribution in [0.2, 0.25) is 0 Å². The van der Waals surface area contributed by atoms with Crippen molar-refractivity contribution in [2.75, 3.05) is 4.72 Å². The van der Waals surface area contributed by atoms with Crippen molar-refractivity contribution in [2.45, 2.75) is 25.7 Å². The molecule has 1 N–H and O–H groups in total. The quantitative estimate of drug-likeness (QED) is 0.937. The zero-order valence-electron chi connectivity index (χ0n) is 11.1. The van der Waals surface area contributed by atoms with Gasteiger partial charge in [0.05, 0.1) is 16.8 Å². The first-order valence-corrected chi connectivity index (χ1v) is 7.39. The number of anilines is 1. The fourth-order valence-electron chi connectivity index (χ4n) is 1.86. The van der Waals surface area contributed by atoms with E-state index in [9.17, 15) is 8.42 Å². The van der Waals surface area contributed by atoms with Crippen LogP contribution in [0.1, 0.15) is 16.7 Å². The standard InChI is InChI=1S/C14H16N2O2S/c1-10-7-12(3)14(8-11(10)2)19(17,18)16-13-5-4-6-15-9-13/h4-9,16H,1-3H3. The molecule has 0 spiro atoms. The van der Waals surface area contributed by atoms with Gasteiger partial charge in [0, 0.05) is 6.20 Å². The minimum Gasteiger partial charge on any atom is -0.278 e. The van der Waals surface area contributed by atoms with Crippen LogP contribution in [0.4, 0.5) is 5.69 Å². The summed E-state index contributed by atoms with van der Waals surface area (Å²) in [7, 11) is -3.57. The van der Waals surface area contributed by atoms with Gasteiger partial charge in [-0.2, -0.15) is 0 Å². The first kappa shape index (κ1) is 13.5. The van der Waals surface area contributed by atoms with E-state index in [1.165, 1.54) is 6.20 Å². The lowest BCUT2D eigenvalue weighted by molar-refractivity contribution is 0.600. The molecule has 2 aromatic rings. The molecule has 0 saturated heterocycles. The molecule has 1 aromatic heterocycles. The lowest BCUT2D eigenvalue weighted by Crippen LogP contribution is -2.14. The number of nitrogens with one attached hydrogen (secondary N) is 1. The van der Waals surface area contributed by atoms with Gasteiger partial charge in [-0.3, -0.25) is 9.71 Å². The summed E-state index contributed by atoms with van der Waals surface area (Å²) in [5.41, 5.74) is 3.23. The van der Waals surface area contributed by atoms with Crippen molar-refractivity contribution >= 4 is 15.7 Å². The number of rotatable bonds is 3. The van der Waals surface area contributed by atoms with Crippen LogP contribution in [-0.4, -0.2) is 13.4 Å². The Labute approximate surface area is 113 Å². The van der Waals surface area contributed by atoms with Gasteiger partial charge in [-0.15, -0.1) is 0 Å². The maximum absolute atomic E-state index is 12.3. The summed E-state index contributed by atoms with van der Waals surface area (Å²) in [4.78, 5) is 4.19. The second-order valence-corrected chi connectivity index (χ2v) is 6.20.